The van der Waals surface area contributed by atoms with Crippen LogP contribution in [0.1, 0.15) is 18.0 Å². The van der Waals surface area contributed by atoms with E-state index in [1.165, 1.54) is 0 Å². The smallest absolute Gasteiger partial charge is 0.166 e. The highest BCUT2D eigenvalue weighted by atomic mass is 16.5. The van der Waals surface area contributed by atoms with Crippen LogP contribution in [0.4, 0.5) is 5.69 Å². The third-order valence-electron chi connectivity index (χ3n) is 2.40. The van der Waals surface area contributed by atoms with E-state index in [-0.39, 0.29) is 6.04 Å². The van der Waals surface area contributed by atoms with Crippen molar-refractivity contribution in [1.29, 1.82) is 0 Å². The quantitative estimate of drug-likeness (QED) is 0.656. The molecule has 1 aliphatic heterocycles. The van der Waals surface area contributed by atoms with Crippen molar-refractivity contribution in [3.63, 3.8) is 0 Å². The number of ether oxygens (including phenoxy) is 2. The van der Waals surface area contributed by atoms with Crippen molar-refractivity contribution in [3.05, 3.63) is 17.7 Å². The first kappa shape index (κ1) is 9.15. The largest absolute Gasteiger partial charge is 0.493 e. The fourth-order valence-corrected chi connectivity index (χ4v) is 1.67. The number of rotatable bonds is 1. The lowest BCUT2D eigenvalue weighted by molar-refractivity contribution is 0.253. The molecule has 4 nitrogen and oxygen atoms in total. The van der Waals surface area contributed by atoms with Crippen LogP contribution in [-0.4, -0.2) is 13.7 Å². The molecule has 1 aromatic carbocycles. The topological polar surface area (TPSA) is 70.5 Å². The highest BCUT2D eigenvalue weighted by molar-refractivity contribution is 5.58. The second kappa shape index (κ2) is 3.38. The van der Waals surface area contributed by atoms with Crippen molar-refractivity contribution in [3.8, 4) is 11.5 Å². The SMILES string of the molecule is COc1cc(N)cc2c1OCC[C@@H]2N. The number of methoxy groups -OCH3 is 1. The molecule has 0 fully saturated rings. The van der Waals surface area contributed by atoms with Crippen molar-refractivity contribution in [2.24, 2.45) is 5.73 Å². The number of benzene rings is 1. The molecule has 2 rings (SSSR count). The Hall–Kier alpha value is -1.42. The molecule has 14 heavy (non-hydrogen) atoms. The van der Waals surface area contributed by atoms with Gasteiger partial charge in [0.05, 0.1) is 13.7 Å². The van der Waals surface area contributed by atoms with E-state index in [1.54, 1.807) is 13.2 Å². The highest BCUT2D eigenvalue weighted by Gasteiger charge is 2.22. The van der Waals surface area contributed by atoms with Gasteiger partial charge in [-0.3, -0.25) is 0 Å². The predicted octanol–water partition coefficient (Wildman–Crippen LogP) is 1.06. The van der Waals surface area contributed by atoms with Crippen LogP contribution < -0.4 is 20.9 Å². The molecule has 0 amide bonds. The second-order valence-electron chi connectivity index (χ2n) is 3.39. The first-order valence-electron chi connectivity index (χ1n) is 4.58. The van der Waals surface area contributed by atoms with E-state index in [9.17, 15) is 0 Å². The number of nitrogen functional groups attached to an aromatic ring is 1. The molecule has 0 radical (unpaired) electrons. The average molecular weight is 194 g/mol. The van der Waals surface area contributed by atoms with Crippen LogP contribution in [0.2, 0.25) is 0 Å². The zero-order valence-electron chi connectivity index (χ0n) is 8.12. The van der Waals surface area contributed by atoms with E-state index >= 15 is 0 Å². The predicted molar refractivity (Wildman–Crippen MR) is 54.4 cm³/mol. The summed E-state index contributed by atoms with van der Waals surface area (Å²) >= 11 is 0. The van der Waals surface area contributed by atoms with Crippen LogP contribution in [0.15, 0.2) is 12.1 Å². The Labute approximate surface area is 82.8 Å². The molecule has 0 aliphatic carbocycles. The fourth-order valence-electron chi connectivity index (χ4n) is 1.67. The molecular weight excluding hydrogens is 180 g/mol. The molecule has 76 valence electrons. The molecular formula is C10H14N2O2. The summed E-state index contributed by atoms with van der Waals surface area (Å²) in [7, 11) is 1.60. The molecule has 1 aromatic rings. The number of nitrogens with two attached hydrogens (primary N) is 2. The zero-order valence-corrected chi connectivity index (χ0v) is 8.12. The monoisotopic (exact) mass is 194 g/mol. The summed E-state index contributed by atoms with van der Waals surface area (Å²) in [5, 5.41) is 0. The highest BCUT2D eigenvalue weighted by Crippen LogP contribution is 2.40. The van der Waals surface area contributed by atoms with Crippen LogP contribution in [0.3, 0.4) is 0 Å². The first-order chi connectivity index (χ1) is 6.72. The van der Waals surface area contributed by atoms with Gasteiger partial charge in [0.25, 0.3) is 0 Å². The molecule has 1 heterocycles. The van der Waals surface area contributed by atoms with Crippen molar-refractivity contribution in [2.45, 2.75) is 12.5 Å². The Morgan fingerprint density at radius 2 is 2.29 bits per heavy atom. The zero-order chi connectivity index (χ0) is 10.1. The van der Waals surface area contributed by atoms with E-state index in [0.29, 0.717) is 18.0 Å². The average Bonchev–Trinajstić information content (AvgIpc) is 2.18. The van der Waals surface area contributed by atoms with Crippen LogP contribution in [0.25, 0.3) is 0 Å². The number of fused-ring (bicyclic) bond motifs is 1. The van der Waals surface area contributed by atoms with Crippen molar-refractivity contribution in [2.75, 3.05) is 19.5 Å². The van der Waals surface area contributed by atoms with Gasteiger partial charge in [0.15, 0.2) is 11.5 Å². The molecule has 4 N–H and O–H groups in total. The second-order valence-corrected chi connectivity index (χ2v) is 3.39. The van der Waals surface area contributed by atoms with E-state index in [1.807, 2.05) is 6.07 Å². The van der Waals surface area contributed by atoms with Crippen molar-refractivity contribution >= 4 is 5.69 Å². The molecule has 0 spiro atoms. The maximum atomic E-state index is 5.95. The van der Waals surface area contributed by atoms with E-state index in [0.717, 1.165) is 17.7 Å². The molecule has 0 saturated heterocycles. The molecule has 1 atom stereocenters. The van der Waals surface area contributed by atoms with Gasteiger partial charge in [-0.1, -0.05) is 0 Å². The minimum atomic E-state index is -0.00356. The summed E-state index contributed by atoms with van der Waals surface area (Å²) in [4.78, 5) is 0. The molecule has 1 aliphatic rings. The van der Waals surface area contributed by atoms with Gasteiger partial charge in [0.1, 0.15) is 0 Å². The van der Waals surface area contributed by atoms with Gasteiger partial charge in [0, 0.05) is 29.8 Å². The van der Waals surface area contributed by atoms with Gasteiger partial charge in [-0.2, -0.15) is 0 Å². The molecule has 4 heteroatoms. The summed E-state index contributed by atoms with van der Waals surface area (Å²) in [6.07, 6.45) is 0.819. The Bertz CT molecular complexity index is 352. The van der Waals surface area contributed by atoms with Gasteiger partial charge in [-0.05, 0) is 6.07 Å². The Morgan fingerprint density at radius 3 is 3.00 bits per heavy atom. The van der Waals surface area contributed by atoms with E-state index in [4.69, 9.17) is 20.9 Å². The fraction of sp³-hybridized carbons (Fsp3) is 0.400. The summed E-state index contributed by atoms with van der Waals surface area (Å²) in [6.45, 7) is 0.633. The number of anilines is 1. The van der Waals surface area contributed by atoms with Gasteiger partial charge >= 0.3 is 0 Å². The number of hydrogen-bond acceptors (Lipinski definition) is 4. The number of hydrogen-bond donors (Lipinski definition) is 2. The van der Waals surface area contributed by atoms with Gasteiger partial charge < -0.3 is 20.9 Å². The van der Waals surface area contributed by atoms with Crippen LogP contribution in [0.5, 0.6) is 11.5 Å². The van der Waals surface area contributed by atoms with Crippen molar-refractivity contribution in [1.82, 2.24) is 0 Å². The Kier molecular flexibility index (Phi) is 2.21. The molecule has 0 unspecified atom stereocenters. The minimum Gasteiger partial charge on any atom is -0.493 e. The lowest BCUT2D eigenvalue weighted by atomic mass is 10.0. The lowest BCUT2D eigenvalue weighted by Crippen LogP contribution is -2.21. The third-order valence-corrected chi connectivity index (χ3v) is 2.40. The molecule has 0 aromatic heterocycles. The normalized spacial score (nSPS) is 19.7. The Balaban J connectivity index is 2.54. The summed E-state index contributed by atoms with van der Waals surface area (Å²) in [6, 6.07) is 3.59. The van der Waals surface area contributed by atoms with Crippen LogP contribution in [-0.2, 0) is 0 Å². The standard InChI is InChI=1S/C10H14N2O2/c1-13-9-5-6(11)4-7-8(12)2-3-14-10(7)9/h4-5,8H,2-3,11-12H2,1H3/t8-/m0/s1. The third kappa shape index (κ3) is 1.37. The van der Waals surface area contributed by atoms with Crippen LogP contribution in [0, 0.1) is 0 Å². The van der Waals surface area contributed by atoms with E-state index in [2.05, 4.69) is 0 Å². The molecule has 0 bridgehead atoms. The maximum absolute atomic E-state index is 5.95. The first-order valence-corrected chi connectivity index (χ1v) is 4.58. The van der Waals surface area contributed by atoms with Gasteiger partial charge in [0.2, 0.25) is 0 Å². The van der Waals surface area contributed by atoms with Gasteiger partial charge in [-0.15, -0.1) is 0 Å². The summed E-state index contributed by atoms with van der Waals surface area (Å²) in [5.41, 5.74) is 13.3. The lowest BCUT2D eigenvalue weighted by Gasteiger charge is -2.24. The van der Waals surface area contributed by atoms with Gasteiger partial charge in [-0.25, -0.2) is 0 Å². The van der Waals surface area contributed by atoms with Crippen LogP contribution >= 0.6 is 0 Å². The maximum Gasteiger partial charge on any atom is 0.166 e. The minimum absolute atomic E-state index is 0.00356. The summed E-state index contributed by atoms with van der Waals surface area (Å²) in [5.74, 6) is 1.40. The molecule has 0 saturated carbocycles. The summed E-state index contributed by atoms with van der Waals surface area (Å²) < 4.78 is 10.7. The Morgan fingerprint density at radius 1 is 1.50 bits per heavy atom. The van der Waals surface area contributed by atoms with Crippen molar-refractivity contribution < 1.29 is 9.47 Å². The van der Waals surface area contributed by atoms with E-state index < -0.39 is 0 Å².